The van der Waals surface area contributed by atoms with Gasteiger partial charge >= 0.3 is 12.1 Å². The van der Waals surface area contributed by atoms with Crippen molar-refractivity contribution in [2.45, 2.75) is 38.3 Å². The number of fused-ring (bicyclic) bond motifs is 1. The van der Waals surface area contributed by atoms with Gasteiger partial charge in [0.1, 0.15) is 17.5 Å². The number of nitrogens with zero attached hydrogens (tertiary/aromatic N) is 5. The first-order valence-electron chi connectivity index (χ1n) is 12.4. The lowest BCUT2D eigenvalue weighted by molar-refractivity contribution is -0.137. The van der Waals surface area contributed by atoms with Crippen LogP contribution in [0.2, 0.25) is 0 Å². The number of carboxylic acid groups (broad SMARTS) is 1. The van der Waals surface area contributed by atoms with Crippen LogP contribution in [0.3, 0.4) is 0 Å². The second-order valence-corrected chi connectivity index (χ2v) is 9.33. The van der Waals surface area contributed by atoms with E-state index in [-0.39, 0.29) is 18.9 Å². The number of piperidine rings is 1. The van der Waals surface area contributed by atoms with Crippen molar-refractivity contribution in [2.24, 2.45) is 0 Å². The molecule has 1 fully saturated rings. The Bertz CT molecular complexity index is 1340. The van der Waals surface area contributed by atoms with Crippen LogP contribution >= 0.6 is 0 Å². The maximum atomic E-state index is 14.4. The lowest BCUT2D eigenvalue weighted by Gasteiger charge is -2.28. The molecule has 0 bridgehead atoms. The highest BCUT2D eigenvalue weighted by atomic mass is 19.4. The van der Waals surface area contributed by atoms with Gasteiger partial charge in [-0.1, -0.05) is 0 Å². The third kappa shape index (κ3) is 5.34. The van der Waals surface area contributed by atoms with E-state index >= 15 is 0 Å². The summed E-state index contributed by atoms with van der Waals surface area (Å²) in [6.07, 6.45) is 0.622. The van der Waals surface area contributed by atoms with Crippen LogP contribution in [0.4, 0.5) is 40.8 Å². The fourth-order valence-corrected chi connectivity index (χ4v) is 4.91. The van der Waals surface area contributed by atoms with E-state index in [9.17, 15) is 22.4 Å². The number of hydrogen-bond acceptors (Lipinski definition) is 7. The van der Waals surface area contributed by atoms with Crippen LogP contribution in [0.1, 0.15) is 46.4 Å². The Labute approximate surface area is 216 Å². The van der Waals surface area contributed by atoms with Crippen LogP contribution < -0.4 is 15.1 Å². The number of alkyl halides is 3. The van der Waals surface area contributed by atoms with E-state index in [1.807, 2.05) is 0 Å². The number of pyridine rings is 1. The number of nitrogens with one attached hydrogen (secondary N) is 1. The summed E-state index contributed by atoms with van der Waals surface area (Å²) in [6.45, 7) is 2.11. The van der Waals surface area contributed by atoms with Gasteiger partial charge in [-0.3, -0.25) is 0 Å². The molecular formula is C26H26F4N6O2. The SMILES string of the molecule is O=C(O)c1ccc(Nc2nc(N3CCCCC3)nc3c2CCN(c2ncccc2C(F)(F)F)CC3)cc1F. The van der Waals surface area contributed by atoms with Gasteiger partial charge in [0, 0.05) is 50.0 Å². The smallest absolute Gasteiger partial charge is 0.419 e. The Morgan fingerprint density at radius 1 is 0.974 bits per heavy atom. The summed E-state index contributed by atoms with van der Waals surface area (Å²) in [5.74, 6) is -1.45. The molecule has 4 heterocycles. The summed E-state index contributed by atoms with van der Waals surface area (Å²) in [5.41, 5.74) is 0.497. The van der Waals surface area contributed by atoms with Crippen LogP contribution in [-0.2, 0) is 19.0 Å². The fourth-order valence-electron chi connectivity index (χ4n) is 4.91. The van der Waals surface area contributed by atoms with Crippen molar-refractivity contribution in [3.05, 3.63) is 64.7 Å². The maximum Gasteiger partial charge on any atom is 0.419 e. The number of aromatic carboxylic acids is 1. The fraction of sp³-hybridized carbons (Fsp3) is 0.385. The molecule has 1 saturated heterocycles. The predicted molar refractivity (Wildman–Crippen MR) is 134 cm³/mol. The number of carboxylic acids is 1. The monoisotopic (exact) mass is 530 g/mol. The highest BCUT2D eigenvalue weighted by Gasteiger charge is 2.36. The van der Waals surface area contributed by atoms with E-state index in [1.165, 1.54) is 24.4 Å². The van der Waals surface area contributed by atoms with Gasteiger partial charge in [0.25, 0.3) is 0 Å². The summed E-state index contributed by atoms with van der Waals surface area (Å²) in [6, 6.07) is 6.01. The lowest BCUT2D eigenvalue weighted by Crippen LogP contribution is -2.31. The topological polar surface area (TPSA) is 94.5 Å². The molecule has 5 rings (SSSR count). The first-order valence-corrected chi connectivity index (χ1v) is 12.4. The molecule has 0 saturated carbocycles. The molecule has 38 heavy (non-hydrogen) atoms. The Balaban J connectivity index is 1.50. The summed E-state index contributed by atoms with van der Waals surface area (Å²) < 4.78 is 55.4. The summed E-state index contributed by atoms with van der Waals surface area (Å²) in [7, 11) is 0. The third-order valence-corrected chi connectivity index (χ3v) is 6.82. The van der Waals surface area contributed by atoms with Crippen molar-refractivity contribution in [1.82, 2.24) is 15.0 Å². The van der Waals surface area contributed by atoms with Crippen molar-refractivity contribution in [3.8, 4) is 0 Å². The standard InChI is InChI=1S/C26H26F4N6O2/c27-20-15-16(6-7-17(20)24(37)38)32-22-18-8-13-35(23-19(26(28,29)30)5-4-10-31-23)14-9-21(18)33-25(34-22)36-11-2-1-3-12-36/h4-7,10,15H,1-3,8-9,11-14H2,(H,37,38)(H,32,33,34). The molecule has 200 valence electrons. The van der Waals surface area contributed by atoms with Crippen LogP contribution in [0.15, 0.2) is 36.5 Å². The minimum atomic E-state index is -4.54. The molecule has 2 aliphatic rings. The third-order valence-electron chi connectivity index (χ3n) is 6.82. The summed E-state index contributed by atoms with van der Waals surface area (Å²) in [5, 5.41) is 12.2. The largest absolute Gasteiger partial charge is 0.478 e. The van der Waals surface area contributed by atoms with Gasteiger partial charge < -0.3 is 20.2 Å². The van der Waals surface area contributed by atoms with E-state index in [2.05, 4.69) is 15.2 Å². The number of halogens is 4. The number of anilines is 4. The Morgan fingerprint density at radius 2 is 1.74 bits per heavy atom. The van der Waals surface area contributed by atoms with Gasteiger partial charge in [-0.05, 0) is 56.0 Å². The number of hydrogen-bond donors (Lipinski definition) is 2. The number of aromatic nitrogens is 3. The molecule has 2 aliphatic heterocycles. The Hall–Kier alpha value is -3.96. The van der Waals surface area contributed by atoms with E-state index in [4.69, 9.17) is 15.1 Å². The normalized spacial score (nSPS) is 16.1. The zero-order chi connectivity index (χ0) is 26.9. The highest BCUT2D eigenvalue weighted by molar-refractivity contribution is 5.88. The van der Waals surface area contributed by atoms with Crippen LogP contribution in [0, 0.1) is 5.82 Å². The summed E-state index contributed by atoms with van der Waals surface area (Å²) >= 11 is 0. The molecule has 0 spiro atoms. The predicted octanol–water partition coefficient (Wildman–Crippen LogP) is 5.07. The first-order chi connectivity index (χ1) is 18.2. The van der Waals surface area contributed by atoms with E-state index < -0.39 is 29.1 Å². The number of rotatable bonds is 5. The van der Waals surface area contributed by atoms with Crippen LogP contribution in [-0.4, -0.2) is 52.2 Å². The molecule has 0 atom stereocenters. The minimum absolute atomic E-state index is 0.127. The quantitative estimate of drug-likeness (QED) is 0.442. The van der Waals surface area contributed by atoms with Crippen molar-refractivity contribution < 1.29 is 27.5 Å². The number of carbonyl (C=O) groups is 1. The molecule has 2 N–H and O–H groups in total. The zero-order valence-corrected chi connectivity index (χ0v) is 20.4. The van der Waals surface area contributed by atoms with E-state index in [0.29, 0.717) is 36.0 Å². The van der Waals surface area contributed by atoms with Crippen molar-refractivity contribution in [3.63, 3.8) is 0 Å². The van der Waals surface area contributed by atoms with Gasteiger partial charge in [-0.25, -0.2) is 19.2 Å². The summed E-state index contributed by atoms with van der Waals surface area (Å²) in [4.78, 5) is 28.5. The molecule has 8 nitrogen and oxygen atoms in total. The average molecular weight is 531 g/mol. The second-order valence-electron chi connectivity index (χ2n) is 9.33. The molecule has 1 aromatic carbocycles. The van der Waals surface area contributed by atoms with E-state index in [1.54, 1.807) is 4.90 Å². The molecule has 2 aromatic heterocycles. The number of benzene rings is 1. The second kappa shape index (κ2) is 10.4. The average Bonchev–Trinajstić information content (AvgIpc) is 3.11. The highest BCUT2D eigenvalue weighted by Crippen LogP contribution is 2.36. The molecule has 3 aromatic rings. The molecule has 0 amide bonds. The first kappa shape index (κ1) is 25.7. The maximum absolute atomic E-state index is 14.4. The van der Waals surface area contributed by atoms with Crippen molar-refractivity contribution in [2.75, 3.05) is 41.3 Å². The van der Waals surface area contributed by atoms with Gasteiger partial charge in [0.05, 0.1) is 16.8 Å². The van der Waals surface area contributed by atoms with Crippen LogP contribution in [0.5, 0.6) is 0 Å². The van der Waals surface area contributed by atoms with Gasteiger partial charge in [0.15, 0.2) is 0 Å². The Kier molecular flexibility index (Phi) is 7.04. The Morgan fingerprint density at radius 3 is 2.45 bits per heavy atom. The lowest BCUT2D eigenvalue weighted by atomic mass is 10.1. The van der Waals surface area contributed by atoms with Gasteiger partial charge in [-0.15, -0.1) is 0 Å². The molecular weight excluding hydrogens is 504 g/mol. The molecule has 0 unspecified atom stereocenters. The molecule has 0 aliphatic carbocycles. The van der Waals surface area contributed by atoms with Crippen molar-refractivity contribution in [1.29, 1.82) is 0 Å². The van der Waals surface area contributed by atoms with Gasteiger partial charge in [-0.2, -0.15) is 18.2 Å². The zero-order valence-electron chi connectivity index (χ0n) is 20.4. The minimum Gasteiger partial charge on any atom is -0.478 e. The van der Waals surface area contributed by atoms with E-state index in [0.717, 1.165) is 50.0 Å². The van der Waals surface area contributed by atoms with Gasteiger partial charge in [0.2, 0.25) is 5.95 Å². The molecule has 12 heteroatoms. The molecule has 0 radical (unpaired) electrons. The van der Waals surface area contributed by atoms with Crippen molar-refractivity contribution >= 4 is 29.2 Å². The van der Waals surface area contributed by atoms with Crippen LogP contribution in [0.25, 0.3) is 0 Å².